The summed E-state index contributed by atoms with van der Waals surface area (Å²) < 4.78 is 1.18. The smallest absolute Gasteiger partial charge is 0.0625 e. The SMILES string of the molecule is CNCCC1Sc2cc(C)cc(Br)c2NC1C. The van der Waals surface area contributed by atoms with Crippen LogP contribution in [0, 0.1) is 6.92 Å². The third kappa shape index (κ3) is 2.98. The van der Waals surface area contributed by atoms with E-state index in [1.165, 1.54) is 27.0 Å². The molecular formula is C13H19BrN2S. The molecule has 94 valence electrons. The average Bonchev–Trinajstić information content (AvgIpc) is 2.27. The quantitative estimate of drug-likeness (QED) is 0.890. The Labute approximate surface area is 116 Å². The molecule has 0 spiro atoms. The summed E-state index contributed by atoms with van der Waals surface area (Å²) >= 11 is 5.65. The molecule has 0 saturated carbocycles. The average molecular weight is 315 g/mol. The van der Waals surface area contributed by atoms with E-state index in [1.807, 2.05) is 18.8 Å². The summed E-state index contributed by atoms with van der Waals surface area (Å²) in [4.78, 5) is 1.37. The summed E-state index contributed by atoms with van der Waals surface area (Å²) in [7, 11) is 2.01. The minimum Gasteiger partial charge on any atom is -0.380 e. The molecule has 2 N–H and O–H groups in total. The van der Waals surface area contributed by atoms with E-state index in [-0.39, 0.29) is 0 Å². The molecule has 0 aromatic heterocycles. The summed E-state index contributed by atoms with van der Waals surface area (Å²) in [5.74, 6) is 0. The number of thioether (sulfide) groups is 1. The second-order valence-corrected chi connectivity index (χ2v) is 6.74. The first-order chi connectivity index (χ1) is 8.11. The first-order valence-electron chi connectivity index (χ1n) is 5.99. The maximum atomic E-state index is 3.64. The predicted molar refractivity (Wildman–Crippen MR) is 80.2 cm³/mol. The van der Waals surface area contributed by atoms with E-state index < -0.39 is 0 Å². The van der Waals surface area contributed by atoms with Crippen LogP contribution in [0.4, 0.5) is 5.69 Å². The van der Waals surface area contributed by atoms with Gasteiger partial charge in [-0.05, 0) is 67.5 Å². The zero-order valence-electron chi connectivity index (χ0n) is 10.5. The minimum atomic E-state index is 0.514. The van der Waals surface area contributed by atoms with Crippen LogP contribution in [0.15, 0.2) is 21.5 Å². The van der Waals surface area contributed by atoms with E-state index in [1.54, 1.807) is 0 Å². The van der Waals surface area contributed by atoms with Crippen LogP contribution in [-0.2, 0) is 0 Å². The molecule has 0 radical (unpaired) electrons. The molecule has 1 heterocycles. The lowest BCUT2D eigenvalue weighted by atomic mass is 10.1. The number of nitrogens with one attached hydrogen (secondary N) is 2. The number of benzene rings is 1. The maximum absolute atomic E-state index is 3.64. The molecule has 2 rings (SSSR count). The zero-order chi connectivity index (χ0) is 12.4. The number of anilines is 1. The standard InChI is InChI=1S/C13H19BrN2S/c1-8-6-10(14)13-12(7-8)17-11(4-5-15-3)9(2)16-13/h6-7,9,11,15-16H,4-5H2,1-3H3. The van der Waals surface area contributed by atoms with Gasteiger partial charge in [-0.25, -0.2) is 0 Å². The van der Waals surface area contributed by atoms with Gasteiger partial charge in [0.1, 0.15) is 0 Å². The monoisotopic (exact) mass is 314 g/mol. The van der Waals surface area contributed by atoms with E-state index in [0.717, 1.165) is 6.54 Å². The van der Waals surface area contributed by atoms with E-state index >= 15 is 0 Å². The lowest BCUT2D eigenvalue weighted by molar-refractivity contribution is 0.633. The summed E-state index contributed by atoms with van der Waals surface area (Å²) in [6, 6.07) is 4.96. The van der Waals surface area contributed by atoms with Crippen LogP contribution in [0.2, 0.25) is 0 Å². The second-order valence-electron chi connectivity index (χ2n) is 4.60. The van der Waals surface area contributed by atoms with Gasteiger partial charge in [0.15, 0.2) is 0 Å². The molecule has 2 atom stereocenters. The lowest BCUT2D eigenvalue weighted by Crippen LogP contribution is -2.34. The van der Waals surface area contributed by atoms with Crippen LogP contribution in [0.3, 0.4) is 0 Å². The number of fused-ring (bicyclic) bond motifs is 1. The number of rotatable bonds is 3. The van der Waals surface area contributed by atoms with Crippen LogP contribution < -0.4 is 10.6 Å². The molecule has 0 aliphatic carbocycles. The van der Waals surface area contributed by atoms with Gasteiger partial charge in [0.05, 0.1) is 5.69 Å². The van der Waals surface area contributed by atoms with Gasteiger partial charge in [0, 0.05) is 20.7 Å². The van der Waals surface area contributed by atoms with Crippen molar-refractivity contribution in [1.82, 2.24) is 5.32 Å². The van der Waals surface area contributed by atoms with Crippen molar-refractivity contribution in [1.29, 1.82) is 0 Å². The van der Waals surface area contributed by atoms with Crippen molar-refractivity contribution in [2.45, 2.75) is 36.5 Å². The number of hydrogen-bond acceptors (Lipinski definition) is 3. The van der Waals surface area contributed by atoms with Gasteiger partial charge in [-0.2, -0.15) is 0 Å². The molecule has 2 nitrogen and oxygen atoms in total. The van der Waals surface area contributed by atoms with Crippen molar-refractivity contribution in [3.05, 3.63) is 22.2 Å². The maximum Gasteiger partial charge on any atom is 0.0625 e. The van der Waals surface area contributed by atoms with E-state index in [9.17, 15) is 0 Å². The van der Waals surface area contributed by atoms with Crippen molar-refractivity contribution >= 4 is 33.4 Å². The molecule has 1 aromatic carbocycles. The minimum absolute atomic E-state index is 0.514. The summed E-state index contributed by atoms with van der Waals surface area (Å²) in [6.07, 6.45) is 1.19. The Hall–Kier alpha value is -0.190. The fraction of sp³-hybridized carbons (Fsp3) is 0.538. The fourth-order valence-corrected chi connectivity index (χ4v) is 4.32. The largest absolute Gasteiger partial charge is 0.380 e. The van der Waals surface area contributed by atoms with Crippen LogP contribution in [0.5, 0.6) is 0 Å². The highest BCUT2D eigenvalue weighted by Gasteiger charge is 2.26. The van der Waals surface area contributed by atoms with Gasteiger partial charge in [-0.1, -0.05) is 0 Å². The molecule has 2 unspecified atom stereocenters. The van der Waals surface area contributed by atoms with Crippen molar-refractivity contribution in [3.8, 4) is 0 Å². The molecule has 1 aromatic rings. The van der Waals surface area contributed by atoms with Crippen LogP contribution in [0.1, 0.15) is 18.9 Å². The molecule has 4 heteroatoms. The van der Waals surface area contributed by atoms with Gasteiger partial charge >= 0.3 is 0 Å². The van der Waals surface area contributed by atoms with Crippen molar-refractivity contribution in [2.75, 3.05) is 18.9 Å². The van der Waals surface area contributed by atoms with Crippen molar-refractivity contribution in [2.24, 2.45) is 0 Å². The topological polar surface area (TPSA) is 24.1 Å². The zero-order valence-corrected chi connectivity index (χ0v) is 12.9. The van der Waals surface area contributed by atoms with Crippen LogP contribution in [-0.4, -0.2) is 24.9 Å². The Balaban J connectivity index is 2.21. The second kappa shape index (κ2) is 5.63. The molecule has 0 saturated heterocycles. The van der Waals surface area contributed by atoms with E-state index in [2.05, 4.69) is 52.5 Å². The highest BCUT2D eigenvalue weighted by molar-refractivity contribution is 9.10. The van der Waals surface area contributed by atoms with Crippen LogP contribution in [0.25, 0.3) is 0 Å². The number of hydrogen-bond donors (Lipinski definition) is 2. The van der Waals surface area contributed by atoms with Gasteiger partial charge in [-0.3, -0.25) is 0 Å². The Kier molecular flexibility index (Phi) is 4.39. The number of aryl methyl sites for hydroxylation is 1. The predicted octanol–water partition coefficient (Wildman–Crippen LogP) is 3.64. The molecule has 0 bridgehead atoms. The third-order valence-corrected chi connectivity index (χ3v) is 5.23. The van der Waals surface area contributed by atoms with Crippen molar-refractivity contribution in [3.63, 3.8) is 0 Å². The molecular weight excluding hydrogens is 296 g/mol. The lowest BCUT2D eigenvalue weighted by Gasteiger charge is -2.32. The molecule has 0 fully saturated rings. The summed E-state index contributed by atoms with van der Waals surface area (Å²) in [6.45, 7) is 5.49. The van der Waals surface area contributed by atoms with Gasteiger partial charge < -0.3 is 10.6 Å². The van der Waals surface area contributed by atoms with Crippen LogP contribution >= 0.6 is 27.7 Å². The molecule has 0 amide bonds. The highest BCUT2D eigenvalue weighted by atomic mass is 79.9. The Morgan fingerprint density at radius 3 is 2.94 bits per heavy atom. The summed E-state index contributed by atoms with van der Waals surface area (Å²) in [5, 5.41) is 7.49. The Bertz CT molecular complexity index is 409. The fourth-order valence-electron chi connectivity index (χ4n) is 2.12. The molecule has 17 heavy (non-hydrogen) atoms. The van der Waals surface area contributed by atoms with E-state index in [4.69, 9.17) is 0 Å². The van der Waals surface area contributed by atoms with Crippen molar-refractivity contribution < 1.29 is 0 Å². The first-order valence-corrected chi connectivity index (χ1v) is 7.67. The Morgan fingerprint density at radius 2 is 2.24 bits per heavy atom. The van der Waals surface area contributed by atoms with Gasteiger partial charge in [0.25, 0.3) is 0 Å². The first kappa shape index (κ1) is 13.2. The normalized spacial score (nSPS) is 23.1. The molecule has 1 aliphatic rings. The Morgan fingerprint density at radius 1 is 1.47 bits per heavy atom. The third-order valence-electron chi connectivity index (χ3n) is 3.09. The molecule has 1 aliphatic heterocycles. The van der Waals surface area contributed by atoms with Gasteiger partial charge in [-0.15, -0.1) is 11.8 Å². The number of halogens is 1. The van der Waals surface area contributed by atoms with Gasteiger partial charge in [0.2, 0.25) is 0 Å². The van der Waals surface area contributed by atoms with E-state index in [0.29, 0.717) is 11.3 Å². The summed E-state index contributed by atoms with van der Waals surface area (Å²) in [5.41, 5.74) is 2.57. The highest BCUT2D eigenvalue weighted by Crippen LogP contribution is 2.43.